The molecule has 0 saturated heterocycles. The van der Waals surface area contributed by atoms with Crippen molar-refractivity contribution in [3.05, 3.63) is 33.9 Å². The molecule has 0 spiro atoms. The highest BCUT2D eigenvalue weighted by Gasteiger charge is 2.30. The molecule has 0 radical (unpaired) electrons. The molecule has 2 aromatic heterocycles. The molecule has 2 rings (SSSR count). The molecule has 122 valence electrons. The summed E-state index contributed by atoms with van der Waals surface area (Å²) in [5.41, 5.74) is 0.399. The first kappa shape index (κ1) is 17.1. The van der Waals surface area contributed by atoms with Crippen LogP contribution in [0.1, 0.15) is 62.2 Å². The van der Waals surface area contributed by atoms with E-state index in [1.54, 1.807) is 18.5 Å². The van der Waals surface area contributed by atoms with E-state index >= 15 is 0 Å². The minimum atomic E-state index is -3.41. The van der Waals surface area contributed by atoms with Crippen LogP contribution >= 0.6 is 11.3 Å². The Bertz CT molecular complexity index is 739. The average molecular weight is 342 g/mol. The number of hydrogen-bond acceptors (Lipinski definition) is 6. The van der Waals surface area contributed by atoms with Gasteiger partial charge in [-0.2, -0.15) is 0 Å². The molecular weight excluding hydrogens is 320 g/mol. The molecule has 5 nitrogen and oxygen atoms in total. The van der Waals surface area contributed by atoms with Crippen LogP contribution in [-0.2, 0) is 27.4 Å². The lowest BCUT2D eigenvalue weighted by atomic mass is 9.94. The van der Waals surface area contributed by atoms with Gasteiger partial charge in [-0.25, -0.2) is 18.4 Å². The van der Waals surface area contributed by atoms with Crippen LogP contribution in [0.5, 0.6) is 0 Å². The zero-order chi connectivity index (χ0) is 16.5. The Balaban J connectivity index is 2.19. The molecule has 0 unspecified atom stereocenters. The standard InChI is InChI=1S/C15H22N2O3S2/c1-6-13-17-11(8-21-13)9-22(18,19)10(2)14-16-7-12(20-14)15(3,4)5/h7-8,10H,6,9H2,1-5H3/t10-/m0/s1. The summed E-state index contributed by atoms with van der Waals surface area (Å²) in [7, 11) is -3.41. The van der Waals surface area contributed by atoms with Gasteiger partial charge in [0.2, 0.25) is 5.89 Å². The normalized spacial score (nSPS) is 14.2. The third-order valence-corrected chi connectivity index (χ3v) is 6.42. The fourth-order valence-electron chi connectivity index (χ4n) is 1.88. The van der Waals surface area contributed by atoms with E-state index in [0.29, 0.717) is 11.5 Å². The first-order chi connectivity index (χ1) is 10.1. The van der Waals surface area contributed by atoms with Crippen LogP contribution < -0.4 is 0 Å². The van der Waals surface area contributed by atoms with E-state index in [-0.39, 0.29) is 17.1 Å². The van der Waals surface area contributed by atoms with Gasteiger partial charge >= 0.3 is 0 Å². The summed E-state index contributed by atoms with van der Waals surface area (Å²) >= 11 is 1.49. The average Bonchev–Trinajstić information content (AvgIpc) is 3.04. The van der Waals surface area contributed by atoms with Crippen LogP contribution in [0.3, 0.4) is 0 Å². The van der Waals surface area contributed by atoms with Crippen LogP contribution in [0, 0.1) is 0 Å². The van der Waals surface area contributed by atoms with E-state index < -0.39 is 15.1 Å². The zero-order valence-corrected chi connectivity index (χ0v) is 15.2. The third kappa shape index (κ3) is 3.76. The van der Waals surface area contributed by atoms with Crippen LogP contribution in [0.15, 0.2) is 16.0 Å². The summed E-state index contributed by atoms with van der Waals surface area (Å²) in [5.74, 6) is 0.847. The molecule has 0 fully saturated rings. The topological polar surface area (TPSA) is 73.1 Å². The van der Waals surface area contributed by atoms with E-state index in [4.69, 9.17) is 4.42 Å². The van der Waals surface area contributed by atoms with E-state index in [1.165, 1.54) is 11.3 Å². The second-order valence-corrected chi connectivity index (χ2v) is 9.61. The first-order valence-corrected chi connectivity index (χ1v) is 9.84. The molecule has 0 aliphatic heterocycles. The Morgan fingerprint density at radius 1 is 1.36 bits per heavy atom. The van der Waals surface area contributed by atoms with Crippen LogP contribution in [0.4, 0.5) is 0 Å². The number of thiazole rings is 1. The second kappa shape index (κ2) is 6.12. The first-order valence-electron chi connectivity index (χ1n) is 7.24. The van der Waals surface area contributed by atoms with Gasteiger partial charge in [-0.05, 0) is 13.3 Å². The fraction of sp³-hybridized carbons (Fsp3) is 0.600. The molecule has 2 heterocycles. The number of oxazole rings is 1. The smallest absolute Gasteiger partial charge is 0.212 e. The molecule has 22 heavy (non-hydrogen) atoms. The van der Waals surface area contributed by atoms with Crippen molar-refractivity contribution in [1.82, 2.24) is 9.97 Å². The summed E-state index contributed by atoms with van der Waals surface area (Å²) in [6.45, 7) is 9.61. The van der Waals surface area contributed by atoms with Gasteiger partial charge in [0.15, 0.2) is 9.84 Å². The van der Waals surface area contributed by atoms with Gasteiger partial charge in [-0.15, -0.1) is 11.3 Å². The number of nitrogens with zero attached hydrogens (tertiary/aromatic N) is 2. The molecule has 0 aliphatic carbocycles. The monoisotopic (exact) mass is 342 g/mol. The largest absolute Gasteiger partial charge is 0.444 e. The summed E-state index contributed by atoms with van der Waals surface area (Å²) in [5, 5.41) is 1.97. The molecule has 0 aliphatic rings. The highest BCUT2D eigenvalue weighted by Crippen LogP contribution is 2.29. The Hall–Kier alpha value is -1.21. The molecule has 0 N–H and O–H groups in total. The lowest BCUT2D eigenvalue weighted by molar-refractivity contribution is 0.380. The highest BCUT2D eigenvalue weighted by atomic mass is 32.2. The minimum absolute atomic E-state index is 0.0854. The zero-order valence-electron chi connectivity index (χ0n) is 13.6. The van der Waals surface area contributed by atoms with Gasteiger partial charge < -0.3 is 4.42 Å². The van der Waals surface area contributed by atoms with E-state index in [0.717, 1.165) is 11.4 Å². The maximum Gasteiger partial charge on any atom is 0.212 e. The summed E-state index contributed by atoms with van der Waals surface area (Å²) in [4.78, 5) is 8.47. The predicted molar refractivity (Wildman–Crippen MR) is 87.7 cm³/mol. The summed E-state index contributed by atoms with van der Waals surface area (Å²) in [6.07, 6.45) is 2.42. The van der Waals surface area contributed by atoms with Gasteiger partial charge in [-0.1, -0.05) is 27.7 Å². The number of sulfone groups is 1. The number of aromatic nitrogens is 2. The minimum Gasteiger partial charge on any atom is -0.444 e. The molecule has 0 bridgehead atoms. The summed E-state index contributed by atoms with van der Waals surface area (Å²) < 4.78 is 30.7. The molecule has 0 aromatic carbocycles. The Kier molecular flexibility index (Phi) is 4.77. The SMILES string of the molecule is CCc1nc(CS(=O)(=O)[C@@H](C)c2ncc(C(C)(C)C)o2)cs1. The van der Waals surface area contributed by atoms with Gasteiger partial charge in [0.25, 0.3) is 0 Å². The third-order valence-electron chi connectivity index (χ3n) is 3.40. The van der Waals surface area contributed by atoms with Crippen LogP contribution in [0.2, 0.25) is 0 Å². The number of aryl methyl sites for hydroxylation is 1. The summed E-state index contributed by atoms with van der Waals surface area (Å²) in [6, 6.07) is 0. The van der Waals surface area contributed by atoms with Gasteiger partial charge in [0.05, 0.1) is 22.7 Å². The van der Waals surface area contributed by atoms with E-state index in [2.05, 4.69) is 9.97 Å². The lowest BCUT2D eigenvalue weighted by Crippen LogP contribution is -2.14. The van der Waals surface area contributed by atoms with Crippen molar-refractivity contribution < 1.29 is 12.8 Å². The predicted octanol–water partition coefficient (Wildman–Crippen LogP) is 3.67. The van der Waals surface area contributed by atoms with Crippen molar-refractivity contribution in [3.63, 3.8) is 0 Å². The quantitative estimate of drug-likeness (QED) is 0.829. The van der Waals surface area contributed by atoms with Crippen molar-refractivity contribution in [3.8, 4) is 0 Å². The Morgan fingerprint density at radius 3 is 2.55 bits per heavy atom. The fourth-order valence-corrected chi connectivity index (χ4v) is 3.96. The van der Waals surface area contributed by atoms with Crippen molar-refractivity contribution in [2.45, 2.75) is 57.5 Å². The Morgan fingerprint density at radius 2 is 2.05 bits per heavy atom. The highest BCUT2D eigenvalue weighted by molar-refractivity contribution is 7.90. The number of hydrogen-bond donors (Lipinski definition) is 0. The van der Waals surface area contributed by atoms with Gasteiger partial charge in [0, 0.05) is 10.8 Å². The molecule has 1 atom stereocenters. The second-order valence-electron chi connectivity index (χ2n) is 6.35. The van der Waals surface area contributed by atoms with Crippen molar-refractivity contribution in [2.75, 3.05) is 0 Å². The van der Waals surface area contributed by atoms with Crippen LogP contribution in [-0.4, -0.2) is 18.4 Å². The maximum absolute atomic E-state index is 12.5. The molecular formula is C15H22N2O3S2. The Labute approximate surface area is 135 Å². The number of rotatable bonds is 5. The molecule has 0 saturated carbocycles. The maximum atomic E-state index is 12.5. The van der Waals surface area contributed by atoms with Crippen molar-refractivity contribution in [2.24, 2.45) is 0 Å². The molecule has 2 aromatic rings. The lowest BCUT2D eigenvalue weighted by Gasteiger charge is -2.14. The van der Waals surface area contributed by atoms with E-state index in [1.807, 2.05) is 27.7 Å². The molecule has 7 heteroatoms. The van der Waals surface area contributed by atoms with Crippen LogP contribution in [0.25, 0.3) is 0 Å². The van der Waals surface area contributed by atoms with Crippen molar-refractivity contribution in [1.29, 1.82) is 0 Å². The van der Waals surface area contributed by atoms with E-state index in [9.17, 15) is 8.42 Å². The van der Waals surface area contributed by atoms with Gasteiger partial charge in [-0.3, -0.25) is 0 Å². The molecule has 0 amide bonds. The van der Waals surface area contributed by atoms with Gasteiger partial charge in [0.1, 0.15) is 11.0 Å². The van der Waals surface area contributed by atoms with Crippen molar-refractivity contribution >= 4 is 21.2 Å².